The van der Waals surface area contributed by atoms with Crippen LogP contribution in [0.1, 0.15) is 6.92 Å². The summed E-state index contributed by atoms with van der Waals surface area (Å²) in [7, 11) is 1.88. The van der Waals surface area contributed by atoms with Crippen molar-refractivity contribution < 1.29 is 4.74 Å². The third-order valence-electron chi connectivity index (χ3n) is 3.55. The number of nitrogens with two attached hydrogens (primary N) is 1. The summed E-state index contributed by atoms with van der Waals surface area (Å²) in [5.74, 6) is 0.910. The Morgan fingerprint density at radius 3 is 3.11 bits per heavy atom. The Morgan fingerprint density at radius 2 is 2.32 bits per heavy atom. The van der Waals surface area contributed by atoms with Crippen LogP contribution in [0.2, 0.25) is 0 Å². The fourth-order valence-electron chi connectivity index (χ4n) is 2.43. The maximum atomic E-state index is 5.70. The molecule has 0 amide bonds. The van der Waals surface area contributed by atoms with Crippen molar-refractivity contribution in [3.8, 4) is 0 Å². The average molecular weight is 262 g/mol. The van der Waals surface area contributed by atoms with E-state index < -0.39 is 0 Å². The van der Waals surface area contributed by atoms with Crippen molar-refractivity contribution in [3.63, 3.8) is 0 Å². The normalized spacial score (nSPS) is 24.1. The van der Waals surface area contributed by atoms with Crippen molar-refractivity contribution in [1.29, 1.82) is 0 Å². The maximum absolute atomic E-state index is 5.70. The van der Waals surface area contributed by atoms with Gasteiger partial charge in [-0.2, -0.15) is 5.10 Å². The van der Waals surface area contributed by atoms with E-state index in [1.54, 1.807) is 11.0 Å². The van der Waals surface area contributed by atoms with Crippen LogP contribution in [0.25, 0.3) is 11.0 Å². The highest BCUT2D eigenvalue weighted by Crippen LogP contribution is 2.26. The number of rotatable bonds is 2. The molecular weight excluding hydrogens is 244 g/mol. The number of nitrogens with zero attached hydrogens (tertiary/aromatic N) is 5. The Bertz CT molecular complexity index is 583. The number of aryl methyl sites for hydroxylation is 1. The van der Waals surface area contributed by atoms with Gasteiger partial charge in [0.25, 0.3) is 0 Å². The van der Waals surface area contributed by atoms with Crippen LogP contribution < -0.4 is 10.6 Å². The Morgan fingerprint density at radius 1 is 1.47 bits per heavy atom. The molecule has 1 aliphatic heterocycles. The molecule has 0 saturated carbocycles. The van der Waals surface area contributed by atoms with Crippen molar-refractivity contribution in [2.24, 2.45) is 12.8 Å². The summed E-state index contributed by atoms with van der Waals surface area (Å²) in [5.41, 5.74) is 6.55. The molecule has 7 heteroatoms. The number of anilines is 1. The van der Waals surface area contributed by atoms with Crippen molar-refractivity contribution >= 4 is 16.9 Å². The lowest BCUT2D eigenvalue weighted by molar-refractivity contribution is 0.0281. The molecule has 2 aromatic heterocycles. The van der Waals surface area contributed by atoms with Crippen LogP contribution in [0, 0.1) is 0 Å². The lowest BCUT2D eigenvalue weighted by Gasteiger charge is -2.38. The number of hydrogen-bond donors (Lipinski definition) is 1. The van der Waals surface area contributed by atoms with Crippen LogP contribution >= 0.6 is 0 Å². The third-order valence-corrected chi connectivity index (χ3v) is 3.55. The first-order chi connectivity index (χ1) is 9.20. The largest absolute Gasteiger partial charge is 0.373 e. The van der Waals surface area contributed by atoms with Gasteiger partial charge in [-0.3, -0.25) is 4.68 Å². The number of hydrogen-bond acceptors (Lipinski definition) is 6. The Kier molecular flexibility index (Phi) is 3.08. The summed E-state index contributed by atoms with van der Waals surface area (Å²) in [6.45, 7) is 4.05. The Balaban J connectivity index is 2.02. The van der Waals surface area contributed by atoms with Crippen molar-refractivity contribution in [1.82, 2.24) is 19.7 Å². The minimum atomic E-state index is 0.0536. The van der Waals surface area contributed by atoms with Gasteiger partial charge in [0, 0.05) is 20.1 Å². The highest BCUT2D eigenvalue weighted by molar-refractivity contribution is 5.86. The van der Waals surface area contributed by atoms with Gasteiger partial charge in [-0.1, -0.05) is 0 Å². The van der Waals surface area contributed by atoms with E-state index in [1.807, 2.05) is 13.2 Å². The van der Waals surface area contributed by atoms with E-state index >= 15 is 0 Å². The predicted octanol–water partition coefficient (Wildman–Crippen LogP) is -0.0843. The molecule has 19 heavy (non-hydrogen) atoms. The molecule has 0 aromatic carbocycles. The van der Waals surface area contributed by atoms with Crippen LogP contribution in [0.3, 0.4) is 0 Å². The predicted molar refractivity (Wildman–Crippen MR) is 71.9 cm³/mol. The first-order valence-electron chi connectivity index (χ1n) is 6.41. The van der Waals surface area contributed by atoms with E-state index in [2.05, 4.69) is 26.9 Å². The highest BCUT2D eigenvalue weighted by atomic mass is 16.5. The van der Waals surface area contributed by atoms with Gasteiger partial charge in [-0.15, -0.1) is 0 Å². The highest BCUT2D eigenvalue weighted by Gasteiger charge is 2.28. The molecule has 2 aromatic rings. The number of morpholine rings is 1. The molecule has 1 aliphatic rings. The quantitative estimate of drug-likeness (QED) is 0.815. The average Bonchev–Trinajstić information content (AvgIpc) is 2.81. The van der Waals surface area contributed by atoms with Crippen LogP contribution in [-0.2, 0) is 11.8 Å². The summed E-state index contributed by atoms with van der Waals surface area (Å²) in [6, 6.07) is 0.265. The third kappa shape index (κ3) is 2.04. The molecule has 7 nitrogen and oxygen atoms in total. The summed E-state index contributed by atoms with van der Waals surface area (Å²) >= 11 is 0. The van der Waals surface area contributed by atoms with Gasteiger partial charge in [0.15, 0.2) is 5.65 Å². The van der Waals surface area contributed by atoms with E-state index in [9.17, 15) is 0 Å². The summed E-state index contributed by atoms with van der Waals surface area (Å²) < 4.78 is 7.43. The van der Waals surface area contributed by atoms with E-state index in [4.69, 9.17) is 10.5 Å². The van der Waals surface area contributed by atoms with Gasteiger partial charge in [0.1, 0.15) is 12.1 Å². The molecule has 102 valence electrons. The van der Waals surface area contributed by atoms with E-state index in [-0.39, 0.29) is 12.1 Å². The maximum Gasteiger partial charge on any atom is 0.163 e. The molecule has 0 bridgehead atoms. The minimum Gasteiger partial charge on any atom is -0.373 e. The smallest absolute Gasteiger partial charge is 0.163 e. The zero-order valence-electron chi connectivity index (χ0n) is 11.2. The van der Waals surface area contributed by atoms with Gasteiger partial charge < -0.3 is 15.4 Å². The van der Waals surface area contributed by atoms with Gasteiger partial charge in [0.2, 0.25) is 0 Å². The molecule has 1 saturated heterocycles. The molecule has 2 N–H and O–H groups in total. The molecule has 0 spiro atoms. The van der Waals surface area contributed by atoms with Crippen LogP contribution in [0.4, 0.5) is 5.82 Å². The number of ether oxygens (including phenoxy) is 1. The topological polar surface area (TPSA) is 82.1 Å². The van der Waals surface area contributed by atoms with Gasteiger partial charge >= 0.3 is 0 Å². The first kappa shape index (κ1) is 12.3. The first-order valence-corrected chi connectivity index (χ1v) is 6.41. The van der Waals surface area contributed by atoms with E-state index in [1.165, 1.54) is 0 Å². The summed E-state index contributed by atoms with van der Waals surface area (Å²) in [4.78, 5) is 10.9. The fourth-order valence-corrected chi connectivity index (χ4v) is 2.43. The summed E-state index contributed by atoms with van der Waals surface area (Å²) in [6.07, 6.45) is 3.45. The van der Waals surface area contributed by atoms with Crippen LogP contribution in [0.15, 0.2) is 12.5 Å². The van der Waals surface area contributed by atoms with Crippen LogP contribution in [0.5, 0.6) is 0 Å². The molecule has 1 fully saturated rings. The second kappa shape index (κ2) is 4.75. The molecule has 2 atom stereocenters. The molecule has 3 rings (SSSR count). The SMILES string of the molecule is CC1COC(CN)CN1c1ncnc2c1cnn2C. The number of fused-ring (bicyclic) bond motifs is 1. The Labute approximate surface area is 111 Å². The summed E-state index contributed by atoms with van der Waals surface area (Å²) in [5, 5.41) is 5.21. The lowest BCUT2D eigenvalue weighted by Crippen LogP contribution is -2.51. The van der Waals surface area contributed by atoms with Gasteiger partial charge in [0.05, 0.1) is 30.3 Å². The van der Waals surface area contributed by atoms with Gasteiger partial charge in [-0.25, -0.2) is 9.97 Å². The fraction of sp³-hybridized carbons (Fsp3) is 0.583. The van der Waals surface area contributed by atoms with Gasteiger partial charge in [-0.05, 0) is 6.92 Å². The zero-order chi connectivity index (χ0) is 13.4. The van der Waals surface area contributed by atoms with E-state index in [0.717, 1.165) is 23.4 Å². The van der Waals surface area contributed by atoms with Crippen molar-refractivity contribution in [3.05, 3.63) is 12.5 Å². The molecule has 0 aliphatic carbocycles. The molecule has 2 unspecified atom stereocenters. The molecule has 3 heterocycles. The zero-order valence-corrected chi connectivity index (χ0v) is 11.2. The Hall–Kier alpha value is -1.73. The number of aromatic nitrogens is 4. The monoisotopic (exact) mass is 262 g/mol. The standard InChI is InChI=1S/C12H18N6O/c1-8-6-19-9(3-13)5-18(8)12-10-4-16-17(2)11(10)14-7-15-12/h4,7-9H,3,5-6,13H2,1-2H3. The van der Waals surface area contributed by atoms with Crippen molar-refractivity contribution in [2.45, 2.75) is 19.1 Å². The van der Waals surface area contributed by atoms with Crippen LogP contribution in [-0.4, -0.2) is 51.6 Å². The molecular formula is C12H18N6O. The van der Waals surface area contributed by atoms with Crippen molar-refractivity contribution in [2.75, 3.05) is 24.6 Å². The lowest BCUT2D eigenvalue weighted by atomic mass is 10.2. The minimum absolute atomic E-state index is 0.0536. The second-order valence-electron chi connectivity index (χ2n) is 4.90. The van der Waals surface area contributed by atoms with E-state index in [0.29, 0.717) is 13.2 Å². The second-order valence-corrected chi connectivity index (χ2v) is 4.90. The molecule has 0 radical (unpaired) electrons.